The first-order valence-electron chi connectivity index (χ1n) is 7.33. The molecule has 2 nitrogen and oxygen atoms in total. The van der Waals surface area contributed by atoms with Gasteiger partial charge in [-0.1, -0.05) is 51.1 Å². The highest BCUT2D eigenvalue weighted by molar-refractivity contribution is 9.10. The topological polar surface area (TPSA) is 29.5 Å². The molecule has 22 heavy (non-hydrogen) atoms. The van der Waals surface area contributed by atoms with Crippen molar-refractivity contribution in [3.8, 4) is 5.75 Å². The van der Waals surface area contributed by atoms with Gasteiger partial charge in [0.15, 0.2) is 0 Å². The van der Waals surface area contributed by atoms with Crippen LogP contribution in [0.3, 0.4) is 0 Å². The quantitative estimate of drug-likeness (QED) is 0.757. The maximum Gasteiger partial charge on any atom is 0.147 e. The largest absolute Gasteiger partial charge is 0.457 e. The maximum atomic E-state index is 10.6. The second-order valence-electron chi connectivity index (χ2n) is 6.59. The van der Waals surface area contributed by atoms with Gasteiger partial charge in [-0.3, -0.25) is 0 Å². The van der Waals surface area contributed by atoms with Gasteiger partial charge in [0.2, 0.25) is 0 Å². The molecule has 1 N–H and O–H groups in total. The van der Waals surface area contributed by atoms with Gasteiger partial charge in [0, 0.05) is 5.56 Å². The fourth-order valence-corrected chi connectivity index (χ4v) is 3.06. The lowest BCUT2D eigenvalue weighted by Gasteiger charge is -2.20. The number of benzene rings is 2. The Labute approximate surface area is 139 Å². The number of rotatable bonds is 1. The van der Waals surface area contributed by atoms with Crippen LogP contribution in [0.2, 0.25) is 0 Å². The number of hydrogen-bond donors (Lipinski definition) is 1. The molecular formula is C19H19BrO2. The van der Waals surface area contributed by atoms with E-state index in [0.717, 1.165) is 15.6 Å². The van der Waals surface area contributed by atoms with E-state index in [-0.39, 0.29) is 5.41 Å². The van der Waals surface area contributed by atoms with E-state index in [2.05, 4.69) is 42.8 Å². The van der Waals surface area contributed by atoms with Gasteiger partial charge in [0.25, 0.3) is 0 Å². The first kappa shape index (κ1) is 15.3. The molecule has 0 saturated carbocycles. The minimum atomic E-state index is -0.728. The Morgan fingerprint density at radius 3 is 2.45 bits per heavy atom. The van der Waals surface area contributed by atoms with Gasteiger partial charge in [0.05, 0.1) is 4.47 Å². The smallest absolute Gasteiger partial charge is 0.147 e. The Bertz CT molecular complexity index is 727. The standard InChI is InChI=1S/C19H19BrO2/c1-19(2,3)13-10-14-17(21)16(22-18(14)15(20)11-13)9-12-7-5-4-6-8-12/h4-11,17,21H,1-3H3/b16-9-. The van der Waals surface area contributed by atoms with Crippen LogP contribution >= 0.6 is 15.9 Å². The summed E-state index contributed by atoms with van der Waals surface area (Å²) in [5.41, 5.74) is 3.02. The number of aliphatic hydroxyl groups is 1. The van der Waals surface area contributed by atoms with E-state index in [1.54, 1.807) is 0 Å². The molecule has 0 aliphatic carbocycles. The minimum absolute atomic E-state index is 0.0170. The lowest BCUT2D eigenvalue weighted by Crippen LogP contribution is -2.11. The van der Waals surface area contributed by atoms with Gasteiger partial charge < -0.3 is 9.84 Å². The lowest BCUT2D eigenvalue weighted by molar-refractivity contribution is 0.193. The van der Waals surface area contributed by atoms with Crippen LogP contribution in [0.15, 0.2) is 52.7 Å². The Hall–Kier alpha value is -1.58. The summed E-state index contributed by atoms with van der Waals surface area (Å²) in [5.74, 6) is 1.27. The predicted molar refractivity (Wildman–Crippen MR) is 92.8 cm³/mol. The van der Waals surface area contributed by atoms with Gasteiger partial charge in [0.1, 0.15) is 17.6 Å². The lowest BCUT2D eigenvalue weighted by atomic mass is 9.85. The van der Waals surface area contributed by atoms with Crippen LogP contribution in [-0.4, -0.2) is 5.11 Å². The molecule has 3 heteroatoms. The van der Waals surface area contributed by atoms with E-state index in [9.17, 15) is 5.11 Å². The highest BCUT2D eigenvalue weighted by Gasteiger charge is 2.31. The fourth-order valence-electron chi connectivity index (χ4n) is 2.51. The minimum Gasteiger partial charge on any atom is -0.457 e. The van der Waals surface area contributed by atoms with Gasteiger partial charge in [-0.05, 0) is 50.7 Å². The Morgan fingerprint density at radius 1 is 1.14 bits per heavy atom. The third-order valence-electron chi connectivity index (χ3n) is 3.83. The van der Waals surface area contributed by atoms with Crippen molar-refractivity contribution in [2.24, 2.45) is 0 Å². The molecule has 2 aromatic carbocycles. The number of halogens is 1. The summed E-state index contributed by atoms with van der Waals surface area (Å²) in [6.45, 7) is 6.47. The van der Waals surface area contributed by atoms with Crippen molar-refractivity contribution in [2.45, 2.75) is 32.3 Å². The predicted octanol–water partition coefficient (Wildman–Crippen LogP) is 5.21. The SMILES string of the molecule is CC(C)(C)c1cc(Br)c2c(c1)C(O)/C(=C/c1ccccc1)O2. The first-order valence-corrected chi connectivity index (χ1v) is 8.12. The molecular weight excluding hydrogens is 340 g/mol. The molecule has 1 unspecified atom stereocenters. The van der Waals surface area contributed by atoms with Crippen molar-refractivity contribution in [1.82, 2.24) is 0 Å². The zero-order valence-corrected chi connectivity index (χ0v) is 14.5. The van der Waals surface area contributed by atoms with Gasteiger partial charge >= 0.3 is 0 Å². The third kappa shape index (κ3) is 2.83. The number of hydrogen-bond acceptors (Lipinski definition) is 2. The van der Waals surface area contributed by atoms with Crippen molar-refractivity contribution in [2.75, 3.05) is 0 Å². The molecule has 0 radical (unpaired) electrons. The van der Waals surface area contributed by atoms with Gasteiger partial charge in [-0.2, -0.15) is 0 Å². The molecule has 0 fully saturated rings. The summed E-state index contributed by atoms with van der Waals surface area (Å²) in [6.07, 6.45) is 1.15. The van der Waals surface area contributed by atoms with Crippen LogP contribution in [0.4, 0.5) is 0 Å². The highest BCUT2D eigenvalue weighted by Crippen LogP contribution is 2.46. The molecule has 0 saturated heterocycles. The number of fused-ring (bicyclic) bond motifs is 1. The molecule has 3 rings (SSSR count). The van der Waals surface area contributed by atoms with E-state index < -0.39 is 6.10 Å². The van der Waals surface area contributed by atoms with E-state index >= 15 is 0 Å². The van der Waals surface area contributed by atoms with Gasteiger partial charge in [-0.25, -0.2) is 0 Å². The molecule has 0 bridgehead atoms. The van der Waals surface area contributed by atoms with E-state index in [1.807, 2.05) is 42.5 Å². The molecule has 1 heterocycles. The van der Waals surface area contributed by atoms with Crippen LogP contribution in [-0.2, 0) is 5.41 Å². The van der Waals surface area contributed by atoms with Crippen molar-refractivity contribution >= 4 is 22.0 Å². The number of ether oxygens (including phenoxy) is 1. The van der Waals surface area contributed by atoms with Crippen LogP contribution in [0.1, 0.15) is 43.6 Å². The summed E-state index contributed by atoms with van der Waals surface area (Å²) in [7, 11) is 0. The zero-order chi connectivity index (χ0) is 15.9. The van der Waals surface area contributed by atoms with Crippen molar-refractivity contribution in [1.29, 1.82) is 0 Å². The monoisotopic (exact) mass is 358 g/mol. The van der Waals surface area contributed by atoms with Crippen LogP contribution in [0.25, 0.3) is 6.08 Å². The van der Waals surface area contributed by atoms with Gasteiger partial charge in [-0.15, -0.1) is 0 Å². The van der Waals surface area contributed by atoms with Crippen molar-refractivity contribution in [3.63, 3.8) is 0 Å². The molecule has 1 atom stereocenters. The van der Waals surface area contributed by atoms with Crippen LogP contribution < -0.4 is 4.74 Å². The molecule has 2 aromatic rings. The molecule has 0 aromatic heterocycles. The summed E-state index contributed by atoms with van der Waals surface area (Å²) >= 11 is 3.57. The average Bonchev–Trinajstić information content (AvgIpc) is 2.77. The number of aliphatic hydroxyl groups excluding tert-OH is 1. The third-order valence-corrected chi connectivity index (χ3v) is 4.42. The first-order chi connectivity index (χ1) is 10.4. The zero-order valence-electron chi connectivity index (χ0n) is 12.9. The Kier molecular flexibility index (Phi) is 3.87. The average molecular weight is 359 g/mol. The molecule has 1 aliphatic rings. The maximum absolute atomic E-state index is 10.6. The Balaban J connectivity index is 2.03. The summed E-state index contributed by atoms with van der Waals surface area (Å²) in [6, 6.07) is 14.0. The second-order valence-corrected chi connectivity index (χ2v) is 7.44. The Morgan fingerprint density at radius 2 is 1.82 bits per heavy atom. The van der Waals surface area contributed by atoms with Crippen LogP contribution in [0, 0.1) is 0 Å². The summed E-state index contributed by atoms with van der Waals surface area (Å²) < 4.78 is 6.77. The van der Waals surface area contributed by atoms with Crippen LogP contribution in [0.5, 0.6) is 5.75 Å². The highest BCUT2D eigenvalue weighted by atomic mass is 79.9. The van der Waals surface area contributed by atoms with Crippen molar-refractivity contribution < 1.29 is 9.84 Å². The summed E-state index contributed by atoms with van der Waals surface area (Å²) in [5, 5.41) is 10.6. The fraction of sp³-hybridized carbons (Fsp3) is 0.263. The normalized spacial score (nSPS) is 19.1. The van der Waals surface area contributed by atoms with E-state index in [0.29, 0.717) is 11.5 Å². The van der Waals surface area contributed by atoms with E-state index in [4.69, 9.17) is 4.74 Å². The molecule has 0 spiro atoms. The second kappa shape index (κ2) is 5.56. The molecule has 114 valence electrons. The van der Waals surface area contributed by atoms with E-state index in [1.165, 1.54) is 5.56 Å². The molecule has 1 aliphatic heterocycles. The molecule has 0 amide bonds. The summed E-state index contributed by atoms with van der Waals surface area (Å²) in [4.78, 5) is 0. The van der Waals surface area contributed by atoms with Crippen molar-refractivity contribution in [3.05, 3.63) is 69.4 Å².